The van der Waals surface area contributed by atoms with E-state index in [0.717, 1.165) is 42.5 Å². The van der Waals surface area contributed by atoms with Crippen LogP contribution >= 0.6 is 0 Å². The number of rotatable bonds is 2. The molecule has 5 atom stereocenters. The van der Waals surface area contributed by atoms with Crippen LogP contribution in [0.5, 0.6) is 0 Å². The Morgan fingerprint density at radius 1 is 1.46 bits per heavy atom. The number of carbonyl (C=O) groups is 1. The van der Waals surface area contributed by atoms with E-state index >= 15 is 0 Å². The fraction of sp³-hybridized carbons (Fsp3) is 0.684. The number of Topliss-reactive ketones (excluding diaryl/α,β-unsaturated/α-hetero) is 1. The average molecular weight is 330 g/mol. The van der Waals surface area contributed by atoms with Gasteiger partial charge < -0.3 is 10.3 Å². The molecular formula is C19H26N2O3. The Balaban J connectivity index is 1.76. The summed E-state index contributed by atoms with van der Waals surface area (Å²) in [5.74, 6) is 0.451. The van der Waals surface area contributed by atoms with E-state index in [9.17, 15) is 15.1 Å². The van der Waals surface area contributed by atoms with Crippen molar-refractivity contribution in [2.75, 3.05) is 13.1 Å². The predicted octanol–water partition coefficient (Wildman–Crippen LogP) is 1.61. The summed E-state index contributed by atoms with van der Waals surface area (Å²) in [5, 5.41) is 23.1. The zero-order chi connectivity index (χ0) is 17.1. The second-order valence-corrected chi connectivity index (χ2v) is 7.83. The minimum absolute atomic E-state index is 0.123. The molecule has 2 heterocycles. The normalized spacial score (nSPS) is 38.3. The Kier molecular flexibility index (Phi) is 3.69. The quantitative estimate of drug-likeness (QED) is 0.661. The molecule has 130 valence electrons. The van der Waals surface area contributed by atoms with E-state index in [2.05, 4.69) is 11.8 Å². The van der Waals surface area contributed by atoms with E-state index in [0.29, 0.717) is 12.5 Å². The van der Waals surface area contributed by atoms with E-state index in [-0.39, 0.29) is 23.7 Å². The third-order valence-electron chi connectivity index (χ3n) is 6.80. The van der Waals surface area contributed by atoms with Gasteiger partial charge in [0, 0.05) is 30.1 Å². The molecule has 1 aliphatic heterocycles. The van der Waals surface area contributed by atoms with Gasteiger partial charge in [0.05, 0.1) is 5.60 Å². The van der Waals surface area contributed by atoms with E-state index in [1.807, 2.05) is 6.07 Å². The van der Waals surface area contributed by atoms with Crippen LogP contribution in [0.4, 0.5) is 0 Å². The van der Waals surface area contributed by atoms with Gasteiger partial charge in [-0.25, -0.2) is 0 Å². The van der Waals surface area contributed by atoms with Crippen LogP contribution in [0.1, 0.15) is 50.3 Å². The maximum absolute atomic E-state index is 12.1. The van der Waals surface area contributed by atoms with Gasteiger partial charge in [-0.1, -0.05) is 6.92 Å². The SMILES string of the molecule is CCN1C[C@]2(O)[C@H](C(C)=O)CC[C@H]2[C@@H]2CCc3c[n+]([O-])ccc3[C@H]21. The van der Waals surface area contributed by atoms with Crippen LogP contribution in [-0.2, 0) is 11.2 Å². The van der Waals surface area contributed by atoms with Crippen LogP contribution < -0.4 is 4.73 Å². The Hall–Kier alpha value is -1.46. The molecule has 3 aliphatic rings. The lowest BCUT2D eigenvalue weighted by Crippen LogP contribution is -2.61. The standard InChI is InChI=1S/C19H26N2O3/c1-3-20-11-19(23)16(12(2)22)6-7-17(19)15-5-4-13-10-21(24)9-8-14(13)18(15)20/h8-10,15-18,23H,3-7,11H2,1-2H3/t15-,16-,17-,18+,19-/m0/s1. The molecule has 0 spiro atoms. The molecule has 0 aromatic carbocycles. The fourth-order valence-corrected chi connectivity index (χ4v) is 5.83. The number of carbonyl (C=O) groups excluding carboxylic acids is 1. The van der Waals surface area contributed by atoms with Crippen LogP contribution in [0.3, 0.4) is 0 Å². The fourth-order valence-electron chi connectivity index (χ4n) is 5.83. The van der Waals surface area contributed by atoms with Crippen molar-refractivity contribution in [1.29, 1.82) is 0 Å². The monoisotopic (exact) mass is 330 g/mol. The summed E-state index contributed by atoms with van der Waals surface area (Å²) in [6.45, 7) is 5.14. The van der Waals surface area contributed by atoms with Crippen molar-refractivity contribution >= 4 is 5.78 Å². The summed E-state index contributed by atoms with van der Waals surface area (Å²) in [5.41, 5.74) is 1.50. The van der Waals surface area contributed by atoms with Gasteiger partial charge in [0.2, 0.25) is 0 Å². The van der Waals surface area contributed by atoms with Gasteiger partial charge in [-0.15, -0.1) is 0 Å². The number of piperidine rings is 1. The molecule has 5 nitrogen and oxygen atoms in total. The summed E-state index contributed by atoms with van der Waals surface area (Å²) < 4.78 is 0.885. The Bertz CT molecular complexity index is 677. The first kappa shape index (κ1) is 16.0. The Labute approximate surface area is 142 Å². The molecule has 1 saturated heterocycles. The van der Waals surface area contributed by atoms with Crippen molar-refractivity contribution in [2.24, 2.45) is 17.8 Å². The molecule has 4 rings (SSSR count). The highest BCUT2D eigenvalue weighted by Crippen LogP contribution is 2.56. The number of aryl methyl sites for hydroxylation is 1. The molecule has 1 N–H and O–H groups in total. The molecule has 0 unspecified atom stereocenters. The van der Waals surface area contributed by atoms with E-state index in [1.54, 1.807) is 19.3 Å². The van der Waals surface area contributed by atoms with Crippen molar-refractivity contribution in [3.05, 3.63) is 34.8 Å². The summed E-state index contributed by atoms with van der Waals surface area (Å²) in [6, 6.07) is 2.22. The average Bonchev–Trinajstić information content (AvgIpc) is 2.90. The van der Waals surface area contributed by atoms with Gasteiger partial charge in [0.25, 0.3) is 0 Å². The second-order valence-electron chi connectivity index (χ2n) is 7.83. The Morgan fingerprint density at radius 2 is 2.25 bits per heavy atom. The largest absolute Gasteiger partial charge is 0.619 e. The van der Waals surface area contributed by atoms with Gasteiger partial charge in [0.1, 0.15) is 5.78 Å². The van der Waals surface area contributed by atoms with E-state index in [4.69, 9.17) is 0 Å². The van der Waals surface area contributed by atoms with Crippen LogP contribution in [-0.4, -0.2) is 34.5 Å². The first-order chi connectivity index (χ1) is 11.5. The van der Waals surface area contributed by atoms with Gasteiger partial charge in [0.15, 0.2) is 12.4 Å². The van der Waals surface area contributed by atoms with Crippen molar-refractivity contribution in [3.8, 4) is 0 Å². The highest BCUT2D eigenvalue weighted by Gasteiger charge is 2.60. The van der Waals surface area contributed by atoms with Gasteiger partial charge in [-0.05, 0) is 56.6 Å². The molecule has 5 heteroatoms. The van der Waals surface area contributed by atoms with Crippen LogP contribution in [0.2, 0.25) is 0 Å². The lowest BCUT2D eigenvalue weighted by Gasteiger charge is -2.54. The summed E-state index contributed by atoms with van der Waals surface area (Å²) in [4.78, 5) is 14.4. The predicted molar refractivity (Wildman–Crippen MR) is 89.0 cm³/mol. The van der Waals surface area contributed by atoms with Crippen LogP contribution in [0.25, 0.3) is 0 Å². The highest BCUT2D eigenvalue weighted by atomic mass is 16.5. The first-order valence-electron chi connectivity index (χ1n) is 9.14. The molecule has 24 heavy (non-hydrogen) atoms. The number of likely N-dealkylation sites (N-methyl/N-ethyl adjacent to an activating group) is 1. The van der Waals surface area contributed by atoms with Gasteiger partial charge in [-0.2, -0.15) is 4.73 Å². The maximum atomic E-state index is 12.1. The molecular weight excluding hydrogens is 304 g/mol. The topological polar surface area (TPSA) is 67.5 Å². The number of nitrogens with zero attached hydrogens (tertiary/aromatic N) is 2. The lowest BCUT2D eigenvalue weighted by molar-refractivity contribution is -0.606. The molecule has 2 aliphatic carbocycles. The number of hydrogen-bond acceptors (Lipinski definition) is 4. The summed E-state index contributed by atoms with van der Waals surface area (Å²) >= 11 is 0. The van der Waals surface area contributed by atoms with Crippen LogP contribution in [0.15, 0.2) is 18.5 Å². The Morgan fingerprint density at radius 3 is 2.96 bits per heavy atom. The van der Waals surface area contributed by atoms with Crippen molar-refractivity contribution in [2.45, 2.75) is 51.2 Å². The lowest BCUT2D eigenvalue weighted by atomic mass is 9.64. The third kappa shape index (κ3) is 2.14. The molecule has 1 aromatic heterocycles. The number of aromatic nitrogens is 1. The zero-order valence-corrected chi connectivity index (χ0v) is 14.4. The number of β-amino-alcohol motifs (C(OH)–C–C–N with tert-alkyl or cyclic N) is 1. The maximum Gasteiger partial charge on any atom is 0.183 e. The van der Waals surface area contributed by atoms with Gasteiger partial charge >= 0.3 is 0 Å². The van der Waals surface area contributed by atoms with Crippen molar-refractivity contribution in [1.82, 2.24) is 4.90 Å². The molecule has 1 aromatic rings. The number of aliphatic hydroxyl groups is 1. The number of pyridine rings is 1. The van der Waals surface area contributed by atoms with Crippen molar-refractivity contribution in [3.63, 3.8) is 0 Å². The smallest absolute Gasteiger partial charge is 0.183 e. The number of ketones is 1. The summed E-state index contributed by atoms with van der Waals surface area (Å²) in [7, 11) is 0. The van der Waals surface area contributed by atoms with Crippen molar-refractivity contribution < 1.29 is 14.6 Å². The minimum Gasteiger partial charge on any atom is -0.619 e. The third-order valence-corrected chi connectivity index (χ3v) is 6.80. The molecule has 0 bridgehead atoms. The molecule has 0 amide bonds. The summed E-state index contributed by atoms with van der Waals surface area (Å²) in [6.07, 6.45) is 6.89. The molecule has 1 saturated carbocycles. The number of fused-ring (bicyclic) bond motifs is 5. The molecule has 2 fully saturated rings. The van der Waals surface area contributed by atoms with E-state index < -0.39 is 5.60 Å². The number of likely N-dealkylation sites (tertiary alicyclic amines) is 1. The van der Waals surface area contributed by atoms with E-state index in [1.165, 1.54) is 5.56 Å². The minimum atomic E-state index is -0.881. The molecule has 0 radical (unpaired) electrons. The zero-order valence-electron chi connectivity index (χ0n) is 14.4. The number of hydrogen-bond donors (Lipinski definition) is 1. The second kappa shape index (κ2) is 5.53. The first-order valence-corrected chi connectivity index (χ1v) is 9.14. The highest BCUT2D eigenvalue weighted by molar-refractivity contribution is 5.80. The van der Waals surface area contributed by atoms with Crippen LogP contribution in [0, 0.1) is 23.0 Å². The van der Waals surface area contributed by atoms with Gasteiger partial charge in [-0.3, -0.25) is 9.69 Å².